The molecule has 4 amide bonds. The number of anilines is 2. The summed E-state index contributed by atoms with van der Waals surface area (Å²) in [4.78, 5) is 60.1. The summed E-state index contributed by atoms with van der Waals surface area (Å²) in [5, 5.41) is 9.98. The van der Waals surface area contributed by atoms with Crippen molar-refractivity contribution in [3.63, 3.8) is 0 Å². The molecule has 2 aliphatic carbocycles. The predicted molar refractivity (Wildman–Crippen MR) is 218 cm³/mol. The Morgan fingerprint density at radius 2 is 1.48 bits per heavy atom. The van der Waals surface area contributed by atoms with Gasteiger partial charge in [0.05, 0.1) is 60.9 Å². The van der Waals surface area contributed by atoms with Crippen LogP contribution >= 0.6 is 11.6 Å². The summed E-state index contributed by atoms with van der Waals surface area (Å²) in [6.45, 7) is 1.76. The number of halogens is 2. The number of ether oxygens (including phenoxy) is 3. The quantitative estimate of drug-likeness (QED) is 0.102. The highest BCUT2D eigenvalue weighted by Gasteiger charge is 2.67. The minimum atomic E-state index is -1.30. The molecule has 0 bridgehead atoms. The van der Waals surface area contributed by atoms with E-state index in [1.54, 1.807) is 51.5 Å². The van der Waals surface area contributed by atoms with Gasteiger partial charge in [0.1, 0.15) is 17.3 Å². The molecule has 10 nitrogen and oxygen atoms in total. The van der Waals surface area contributed by atoms with Gasteiger partial charge in [-0.2, -0.15) is 0 Å². The van der Waals surface area contributed by atoms with Crippen LogP contribution in [0.1, 0.15) is 36.5 Å². The van der Waals surface area contributed by atoms with Crippen LogP contribution in [0.25, 0.3) is 18.2 Å². The van der Waals surface area contributed by atoms with E-state index < -0.39 is 52.6 Å². The molecular formula is C46H40ClFN2O8. The highest BCUT2D eigenvalue weighted by molar-refractivity contribution is 6.32. The van der Waals surface area contributed by atoms with Gasteiger partial charge in [-0.3, -0.25) is 24.1 Å². The Bertz CT molecular complexity index is 2460. The highest BCUT2D eigenvalue weighted by Crippen LogP contribution is 2.61. The third-order valence-electron chi connectivity index (χ3n) is 12.2. The first kappa shape index (κ1) is 38.7. The SMILES string of the molecule is COc1ccc(OC)c(C=Cc2ccc(N3C(=O)[C@H]4[C@H](CC=C5[C@H]4C[C@H]4C(=O)N(c6ccc(F)c(Cl)c6)C(=O)[C@@]4(C)[C@H]5C=Cc4ccc(O)c(OC)c4)C3=O)cc2)c1. The van der Waals surface area contributed by atoms with Gasteiger partial charge >= 0.3 is 0 Å². The van der Waals surface area contributed by atoms with Crippen LogP contribution in [0.4, 0.5) is 15.8 Å². The Labute approximate surface area is 339 Å². The number of carbonyl (C=O) groups excluding carboxylic acids is 4. The summed E-state index contributed by atoms with van der Waals surface area (Å²) in [5.41, 5.74) is 2.41. The topological polar surface area (TPSA) is 123 Å². The number of imide groups is 2. The van der Waals surface area contributed by atoms with Crippen LogP contribution in [0.3, 0.4) is 0 Å². The second-order valence-electron chi connectivity index (χ2n) is 15.1. The van der Waals surface area contributed by atoms with Crippen LogP contribution < -0.4 is 24.0 Å². The molecule has 296 valence electrons. The zero-order valence-corrected chi connectivity index (χ0v) is 32.9. The number of nitrogens with zero attached hydrogens (tertiary/aromatic N) is 2. The fourth-order valence-corrected chi connectivity index (χ4v) is 9.41. The van der Waals surface area contributed by atoms with Crippen molar-refractivity contribution in [2.45, 2.75) is 19.8 Å². The summed E-state index contributed by atoms with van der Waals surface area (Å²) in [5.74, 6) is -4.23. The largest absolute Gasteiger partial charge is 0.504 e. The van der Waals surface area contributed by atoms with E-state index in [1.807, 2.05) is 54.6 Å². The van der Waals surface area contributed by atoms with Gasteiger partial charge in [0.25, 0.3) is 0 Å². The van der Waals surface area contributed by atoms with Gasteiger partial charge in [-0.15, -0.1) is 0 Å². The monoisotopic (exact) mass is 802 g/mol. The minimum absolute atomic E-state index is 0.0374. The normalized spacial score (nSPS) is 25.3. The van der Waals surface area contributed by atoms with Crippen molar-refractivity contribution in [2.24, 2.45) is 35.0 Å². The Hall–Kier alpha value is -6.20. The number of phenolic OH excluding ortho intramolecular Hbond substituents is 1. The van der Waals surface area contributed by atoms with Gasteiger partial charge in [0.15, 0.2) is 11.5 Å². The first-order chi connectivity index (χ1) is 27.9. The third kappa shape index (κ3) is 6.25. The van der Waals surface area contributed by atoms with Crippen LogP contribution in [0.15, 0.2) is 96.6 Å². The number of amides is 4. The number of fused-ring (bicyclic) bond motifs is 4. The van der Waals surface area contributed by atoms with Gasteiger partial charge in [0.2, 0.25) is 23.6 Å². The minimum Gasteiger partial charge on any atom is -0.504 e. The lowest BCUT2D eigenvalue weighted by molar-refractivity contribution is -0.132. The molecule has 3 fully saturated rings. The van der Waals surface area contributed by atoms with Crippen molar-refractivity contribution in [3.05, 3.63) is 124 Å². The number of benzene rings is 4. The Morgan fingerprint density at radius 1 is 0.759 bits per heavy atom. The first-order valence-corrected chi connectivity index (χ1v) is 19.2. The van der Waals surface area contributed by atoms with Crippen LogP contribution in [-0.2, 0) is 19.2 Å². The molecular weight excluding hydrogens is 763 g/mol. The molecule has 58 heavy (non-hydrogen) atoms. The second kappa shape index (κ2) is 14.9. The van der Waals surface area contributed by atoms with Crippen LogP contribution in [0, 0.1) is 40.8 Å². The van der Waals surface area contributed by atoms with Crippen LogP contribution in [0.2, 0.25) is 5.02 Å². The maximum Gasteiger partial charge on any atom is 0.241 e. The van der Waals surface area contributed by atoms with E-state index >= 15 is 0 Å². The lowest BCUT2D eigenvalue weighted by Crippen LogP contribution is -2.49. The van der Waals surface area contributed by atoms with E-state index in [0.29, 0.717) is 22.7 Å². The summed E-state index contributed by atoms with van der Waals surface area (Å²) in [7, 11) is 4.63. The molecule has 4 aromatic carbocycles. The smallest absolute Gasteiger partial charge is 0.241 e. The molecule has 1 N–H and O–H groups in total. The number of aromatic hydroxyl groups is 1. The van der Waals surface area contributed by atoms with Gasteiger partial charge in [0, 0.05) is 11.5 Å². The lowest BCUT2D eigenvalue weighted by Gasteiger charge is -2.47. The van der Waals surface area contributed by atoms with Gasteiger partial charge < -0.3 is 19.3 Å². The predicted octanol–water partition coefficient (Wildman–Crippen LogP) is 8.36. The molecule has 1 saturated carbocycles. The average molecular weight is 803 g/mol. The van der Waals surface area contributed by atoms with Crippen LogP contribution in [0.5, 0.6) is 23.0 Å². The standard InChI is InChI=1S/C46H40ClFN2O8/c1-46-34(17-8-26-9-19-38(51)40(21-26)58-4)31-15-16-32-41(33(31)24-35(46)43(53)50(45(46)55)29-13-18-37(48)36(47)23-29)44(54)49(42(32)52)28-11-6-25(7-12-28)5-10-27-22-30(56-2)14-20-39(27)57-3/h5-15,17-23,32-35,41,51H,16,24H2,1-4H3/t32-,33+,34-,35-,41-,46-/m0/s1. The molecule has 2 saturated heterocycles. The molecule has 4 aromatic rings. The maximum absolute atomic E-state index is 14.6. The molecule has 2 aliphatic heterocycles. The molecule has 2 heterocycles. The van der Waals surface area contributed by atoms with Crippen molar-refractivity contribution >= 4 is 64.8 Å². The molecule has 6 atom stereocenters. The lowest BCUT2D eigenvalue weighted by atomic mass is 9.52. The molecule has 4 aliphatic rings. The van der Waals surface area contributed by atoms with Crippen molar-refractivity contribution in [2.75, 3.05) is 31.1 Å². The average Bonchev–Trinajstić information content (AvgIpc) is 3.60. The maximum atomic E-state index is 14.6. The van der Waals surface area contributed by atoms with E-state index in [9.17, 15) is 28.7 Å². The first-order valence-electron chi connectivity index (χ1n) is 18.9. The van der Waals surface area contributed by atoms with E-state index in [4.69, 9.17) is 25.8 Å². The molecule has 0 aromatic heterocycles. The van der Waals surface area contributed by atoms with Gasteiger partial charge in [-0.1, -0.05) is 65.8 Å². The molecule has 8 rings (SSSR count). The number of phenols is 1. The Morgan fingerprint density at radius 3 is 2.19 bits per heavy atom. The van der Waals surface area contributed by atoms with E-state index in [2.05, 4.69) is 0 Å². The summed E-state index contributed by atoms with van der Waals surface area (Å²) in [6.07, 6.45) is 9.84. The van der Waals surface area contributed by atoms with Gasteiger partial charge in [-0.05, 0) is 97.5 Å². The fraction of sp³-hybridized carbons (Fsp3) is 0.261. The second-order valence-corrected chi connectivity index (χ2v) is 15.5. The van der Waals surface area contributed by atoms with Crippen molar-refractivity contribution in [1.82, 2.24) is 0 Å². The molecule has 12 heteroatoms. The molecule has 0 spiro atoms. The number of allylic oxidation sites excluding steroid dienone is 3. The summed E-state index contributed by atoms with van der Waals surface area (Å²) >= 11 is 6.12. The van der Waals surface area contributed by atoms with Crippen molar-refractivity contribution in [3.8, 4) is 23.0 Å². The number of rotatable bonds is 9. The number of methoxy groups -OCH3 is 3. The summed E-state index contributed by atoms with van der Waals surface area (Å²) in [6, 6.07) is 21.2. The number of hydrogen-bond donors (Lipinski definition) is 1. The van der Waals surface area contributed by atoms with E-state index in [1.165, 1.54) is 30.2 Å². The molecule has 0 unspecified atom stereocenters. The highest BCUT2D eigenvalue weighted by atomic mass is 35.5. The zero-order valence-electron chi connectivity index (χ0n) is 32.1. The number of carbonyl (C=O) groups is 4. The summed E-state index contributed by atoms with van der Waals surface area (Å²) < 4.78 is 30.4. The van der Waals surface area contributed by atoms with Crippen LogP contribution in [-0.4, -0.2) is 50.1 Å². The number of hydrogen-bond acceptors (Lipinski definition) is 8. The third-order valence-corrected chi connectivity index (χ3v) is 12.5. The zero-order chi connectivity index (χ0) is 41.0. The van der Waals surface area contributed by atoms with E-state index in [-0.39, 0.29) is 46.9 Å². The van der Waals surface area contributed by atoms with Gasteiger partial charge in [-0.25, -0.2) is 9.29 Å². The Kier molecular flexibility index (Phi) is 9.97. The van der Waals surface area contributed by atoms with E-state index in [0.717, 1.165) is 27.7 Å². The molecule has 0 radical (unpaired) electrons. The Balaban J connectivity index is 1.13. The fourth-order valence-electron chi connectivity index (χ4n) is 9.24. The van der Waals surface area contributed by atoms with Crippen molar-refractivity contribution in [1.29, 1.82) is 0 Å². The van der Waals surface area contributed by atoms with Crippen molar-refractivity contribution < 1.29 is 42.9 Å².